The lowest BCUT2D eigenvalue weighted by molar-refractivity contribution is -0.452. The molecule has 11 nitrogen and oxygen atoms in total. The second-order valence-electron chi connectivity index (χ2n) is 7.75. The number of fused-ring (bicyclic) bond motifs is 1. The number of aliphatic hydroxyl groups excluding tert-OH is 2. The Hall–Kier alpha value is -3.67. The van der Waals surface area contributed by atoms with Crippen LogP contribution in [0.3, 0.4) is 0 Å². The second-order valence-corrected chi connectivity index (χ2v) is 7.75. The van der Waals surface area contributed by atoms with Crippen molar-refractivity contribution in [2.45, 2.75) is 19.6 Å². The van der Waals surface area contributed by atoms with Crippen LogP contribution in [-0.2, 0) is 11.3 Å². The van der Waals surface area contributed by atoms with Gasteiger partial charge >= 0.3 is 11.8 Å². The molecule has 0 spiro atoms. The molecule has 1 aliphatic heterocycles. The summed E-state index contributed by atoms with van der Waals surface area (Å²) < 4.78 is 16.3. The minimum Gasteiger partial charge on any atom is -0.479 e. The van der Waals surface area contributed by atoms with Gasteiger partial charge in [0.25, 0.3) is 0 Å². The maximum atomic E-state index is 10.4. The molecule has 0 radical (unpaired) electrons. The first-order valence-corrected chi connectivity index (χ1v) is 11.1. The van der Waals surface area contributed by atoms with Crippen LogP contribution in [-0.4, -0.2) is 83.8 Å². The maximum Gasteiger partial charge on any atom is 0.368 e. The second kappa shape index (κ2) is 9.29. The third kappa shape index (κ3) is 3.83. The summed E-state index contributed by atoms with van der Waals surface area (Å²) in [6.07, 6.45) is 2.60. The molecule has 4 heterocycles. The highest BCUT2D eigenvalue weighted by molar-refractivity contribution is 5.81. The highest BCUT2D eigenvalue weighted by Crippen LogP contribution is 2.31. The Balaban J connectivity index is 1.74. The van der Waals surface area contributed by atoms with Crippen molar-refractivity contribution in [2.24, 2.45) is 0 Å². The minimum absolute atomic E-state index is 0.336. The molecule has 0 fully saturated rings. The van der Waals surface area contributed by atoms with Crippen LogP contribution in [0.1, 0.15) is 18.9 Å². The van der Waals surface area contributed by atoms with Gasteiger partial charge in [-0.15, -0.1) is 5.10 Å². The summed E-state index contributed by atoms with van der Waals surface area (Å²) in [5, 5.41) is 24.5. The Morgan fingerprint density at radius 1 is 1.21 bits per heavy atom. The van der Waals surface area contributed by atoms with Crippen molar-refractivity contribution in [3.8, 4) is 23.0 Å². The Labute approximate surface area is 195 Å². The molecule has 11 heteroatoms. The van der Waals surface area contributed by atoms with Crippen molar-refractivity contribution in [3.05, 3.63) is 42.4 Å². The summed E-state index contributed by atoms with van der Waals surface area (Å²) in [7, 11) is 1.58. The van der Waals surface area contributed by atoms with E-state index in [0.29, 0.717) is 60.9 Å². The molecule has 0 bridgehead atoms. The summed E-state index contributed by atoms with van der Waals surface area (Å²) >= 11 is 0. The van der Waals surface area contributed by atoms with Crippen molar-refractivity contribution in [1.82, 2.24) is 29.3 Å². The van der Waals surface area contributed by atoms with Gasteiger partial charge in [0, 0.05) is 17.7 Å². The van der Waals surface area contributed by atoms with Gasteiger partial charge < -0.3 is 24.3 Å². The maximum absolute atomic E-state index is 10.4. The lowest BCUT2D eigenvalue weighted by Crippen LogP contribution is -2.24. The van der Waals surface area contributed by atoms with E-state index in [1.807, 2.05) is 54.2 Å². The van der Waals surface area contributed by atoms with Gasteiger partial charge in [0.15, 0.2) is 5.65 Å². The fourth-order valence-corrected chi connectivity index (χ4v) is 4.04. The van der Waals surface area contributed by atoms with Crippen molar-refractivity contribution >= 4 is 23.2 Å². The Kier molecular flexibility index (Phi) is 6.05. The average Bonchev–Trinajstić information content (AvgIpc) is 3.50. The van der Waals surface area contributed by atoms with Gasteiger partial charge in [0.2, 0.25) is 11.4 Å². The van der Waals surface area contributed by atoms with Gasteiger partial charge in [0.05, 0.1) is 32.1 Å². The average molecular weight is 465 g/mol. The SMILES string of the molecule is CCn1c(C(O)CO)nc2c([N+]3=CCOCC3)nc(-n3cc(-c4ccccc4)c(OC)n3)nc21. The number of imidazole rings is 1. The molecule has 176 valence electrons. The van der Waals surface area contributed by atoms with Crippen LogP contribution in [0, 0.1) is 0 Å². The molecule has 1 atom stereocenters. The number of nitrogens with zero attached hydrogens (tertiary/aromatic N) is 7. The number of rotatable bonds is 7. The van der Waals surface area contributed by atoms with E-state index < -0.39 is 12.7 Å². The van der Waals surface area contributed by atoms with E-state index >= 15 is 0 Å². The van der Waals surface area contributed by atoms with Crippen LogP contribution >= 0.6 is 0 Å². The zero-order valence-corrected chi connectivity index (χ0v) is 19.0. The number of aryl methyl sites for hydroxylation is 1. The summed E-state index contributed by atoms with van der Waals surface area (Å²) in [5.41, 5.74) is 2.85. The van der Waals surface area contributed by atoms with E-state index in [2.05, 4.69) is 10.1 Å². The van der Waals surface area contributed by atoms with E-state index in [-0.39, 0.29) is 0 Å². The first-order chi connectivity index (χ1) is 16.6. The first kappa shape index (κ1) is 22.1. The predicted molar refractivity (Wildman–Crippen MR) is 124 cm³/mol. The fraction of sp³-hybridized carbons (Fsp3) is 0.348. The molecule has 1 aliphatic rings. The molecule has 3 aromatic heterocycles. The number of hydrogen-bond acceptors (Lipinski definition) is 8. The lowest BCUT2D eigenvalue weighted by Gasteiger charge is -2.10. The van der Waals surface area contributed by atoms with E-state index in [4.69, 9.17) is 19.4 Å². The first-order valence-electron chi connectivity index (χ1n) is 11.1. The molecular weight excluding hydrogens is 438 g/mol. The molecule has 0 saturated heterocycles. The quantitative estimate of drug-likeness (QED) is 0.394. The number of aromatic nitrogens is 6. The van der Waals surface area contributed by atoms with E-state index in [0.717, 1.165) is 11.1 Å². The zero-order valence-electron chi connectivity index (χ0n) is 19.0. The molecular formula is C23H26N7O4+. The zero-order chi connectivity index (χ0) is 23.7. The van der Waals surface area contributed by atoms with Crippen LogP contribution in [0.25, 0.3) is 28.2 Å². The van der Waals surface area contributed by atoms with Gasteiger partial charge in [-0.1, -0.05) is 30.3 Å². The van der Waals surface area contributed by atoms with E-state index in [9.17, 15) is 10.2 Å². The van der Waals surface area contributed by atoms with Crippen molar-refractivity contribution in [1.29, 1.82) is 0 Å². The van der Waals surface area contributed by atoms with Crippen LogP contribution in [0.5, 0.6) is 5.88 Å². The van der Waals surface area contributed by atoms with Crippen molar-refractivity contribution in [3.63, 3.8) is 0 Å². The van der Waals surface area contributed by atoms with E-state index in [1.54, 1.807) is 16.4 Å². The monoisotopic (exact) mass is 464 g/mol. The molecule has 1 unspecified atom stereocenters. The van der Waals surface area contributed by atoms with Crippen LogP contribution in [0.4, 0.5) is 5.82 Å². The molecule has 0 amide bonds. The summed E-state index contributed by atoms with van der Waals surface area (Å²) in [6.45, 7) is 3.59. The lowest BCUT2D eigenvalue weighted by atomic mass is 10.1. The topological polar surface area (TPSA) is 123 Å². The molecule has 5 rings (SSSR count). The number of aliphatic hydroxyl groups is 2. The Bertz CT molecular complexity index is 1350. The minimum atomic E-state index is -1.13. The van der Waals surface area contributed by atoms with E-state index in [1.165, 1.54) is 0 Å². The fourth-order valence-electron chi connectivity index (χ4n) is 4.04. The third-order valence-electron chi connectivity index (χ3n) is 5.71. The molecule has 2 N–H and O–H groups in total. The van der Waals surface area contributed by atoms with Gasteiger partial charge in [-0.2, -0.15) is 9.67 Å². The van der Waals surface area contributed by atoms with Crippen molar-refractivity contribution < 1.29 is 24.3 Å². The molecule has 1 aromatic carbocycles. The molecule has 0 saturated carbocycles. The molecule has 34 heavy (non-hydrogen) atoms. The highest BCUT2D eigenvalue weighted by Gasteiger charge is 2.30. The third-order valence-corrected chi connectivity index (χ3v) is 5.71. The Morgan fingerprint density at radius 2 is 2.03 bits per heavy atom. The van der Waals surface area contributed by atoms with Gasteiger partial charge in [-0.05, 0) is 12.5 Å². The van der Waals surface area contributed by atoms with Crippen LogP contribution < -0.4 is 4.74 Å². The van der Waals surface area contributed by atoms with Gasteiger partial charge in [-0.3, -0.25) is 0 Å². The highest BCUT2D eigenvalue weighted by atomic mass is 16.5. The standard InChI is InChI=1S/C23H26N7O4/c1-3-29-19(17(32)14-31)24-18-20(28-9-11-34-12-10-28)25-23(26-21(18)29)30-13-16(22(27-30)33-2)15-7-5-4-6-8-15/h4-9,13,17,31-32H,3,10-12,14H2,1-2H3/q+1. The number of hydrogen-bond donors (Lipinski definition) is 2. The van der Waals surface area contributed by atoms with Crippen LogP contribution in [0.2, 0.25) is 0 Å². The van der Waals surface area contributed by atoms with Crippen molar-refractivity contribution in [2.75, 3.05) is 33.5 Å². The number of benzene rings is 1. The van der Waals surface area contributed by atoms with Gasteiger partial charge in [-0.25, -0.2) is 9.56 Å². The number of ether oxygens (including phenoxy) is 2. The Morgan fingerprint density at radius 3 is 2.71 bits per heavy atom. The number of methoxy groups -OCH3 is 1. The molecule has 4 aromatic rings. The molecule has 0 aliphatic carbocycles. The summed E-state index contributed by atoms with van der Waals surface area (Å²) in [4.78, 5) is 14.2. The normalized spacial score (nSPS) is 14.9. The van der Waals surface area contributed by atoms with Gasteiger partial charge in [0.1, 0.15) is 25.1 Å². The smallest absolute Gasteiger partial charge is 0.368 e. The van der Waals surface area contributed by atoms with Crippen LogP contribution in [0.15, 0.2) is 36.5 Å². The summed E-state index contributed by atoms with van der Waals surface area (Å²) in [6, 6.07) is 9.82. The summed E-state index contributed by atoms with van der Waals surface area (Å²) in [5.74, 6) is 1.71. The largest absolute Gasteiger partial charge is 0.479 e. The predicted octanol–water partition coefficient (Wildman–Crippen LogP) is 1.48.